The van der Waals surface area contributed by atoms with Crippen LogP contribution in [-0.2, 0) is 9.47 Å². The van der Waals surface area contributed by atoms with Crippen molar-refractivity contribution in [2.24, 2.45) is 11.8 Å². The second-order valence-electron chi connectivity index (χ2n) is 6.35. The Balaban J connectivity index is 1.52. The molecular formula is C18H20N2O4. The average Bonchev–Trinajstić information content (AvgIpc) is 3.26. The molecule has 1 aromatic heterocycles. The lowest BCUT2D eigenvalue weighted by molar-refractivity contribution is -0.0809. The van der Waals surface area contributed by atoms with Gasteiger partial charge < -0.3 is 19.3 Å². The number of carbonyl (C=O) groups excluding carboxylic acids is 1. The highest BCUT2D eigenvalue weighted by molar-refractivity contribution is 5.99. The number of aromatic nitrogens is 1. The lowest BCUT2D eigenvalue weighted by atomic mass is 9.67. The Kier molecular flexibility index (Phi) is 4.08. The summed E-state index contributed by atoms with van der Waals surface area (Å²) < 4.78 is 16.1. The molecule has 2 aromatic rings. The van der Waals surface area contributed by atoms with Crippen LogP contribution in [0, 0.1) is 11.8 Å². The van der Waals surface area contributed by atoms with Crippen molar-refractivity contribution in [1.29, 1.82) is 0 Å². The maximum absolute atomic E-state index is 12.7. The number of hydrogen-bond donors (Lipinski definition) is 1. The summed E-state index contributed by atoms with van der Waals surface area (Å²) in [5.41, 5.74) is 1.88. The van der Waals surface area contributed by atoms with Crippen LogP contribution in [0.1, 0.15) is 16.8 Å². The number of ether oxygens (including phenoxy) is 2. The Hall–Kier alpha value is -2.18. The van der Waals surface area contributed by atoms with Crippen LogP contribution in [0.2, 0.25) is 0 Å². The largest absolute Gasteiger partial charge is 0.384 e. The van der Waals surface area contributed by atoms with Gasteiger partial charge in [-0.15, -0.1) is 0 Å². The van der Waals surface area contributed by atoms with E-state index in [0.717, 1.165) is 18.6 Å². The minimum absolute atomic E-state index is 0.0727. The topological polar surface area (TPSA) is 73.6 Å². The summed E-state index contributed by atoms with van der Waals surface area (Å²) >= 11 is 0. The van der Waals surface area contributed by atoms with Gasteiger partial charge in [0.2, 0.25) is 0 Å². The van der Waals surface area contributed by atoms with Gasteiger partial charge in [0.05, 0.1) is 12.7 Å². The van der Waals surface area contributed by atoms with Crippen LogP contribution in [0.15, 0.2) is 41.1 Å². The first kappa shape index (κ1) is 15.4. The highest BCUT2D eigenvalue weighted by atomic mass is 16.5. The lowest BCUT2D eigenvalue weighted by Gasteiger charge is -2.47. The molecule has 2 fully saturated rings. The number of nitrogens with one attached hydrogen (secondary N) is 1. The van der Waals surface area contributed by atoms with Crippen molar-refractivity contribution < 1.29 is 18.8 Å². The molecule has 126 valence electrons. The number of amides is 1. The van der Waals surface area contributed by atoms with Gasteiger partial charge in [-0.05, 0) is 6.42 Å². The second kappa shape index (κ2) is 6.37. The molecule has 1 aliphatic heterocycles. The van der Waals surface area contributed by atoms with Gasteiger partial charge in [0.1, 0.15) is 17.5 Å². The quantitative estimate of drug-likeness (QED) is 0.910. The van der Waals surface area contributed by atoms with E-state index in [0.29, 0.717) is 23.8 Å². The van der Waals surface area contributed by atoms with Gasteiger partial charge in [-0.1, -0.05) is 35.5 Å². The first-order chi connectivity index (χ1) is 11.8. The number of benzene rings is 1. The van der Waals surface area contributed by atoms with E-state index in [1.807, 2.05) is 30.3 Å². The molecule has 1 N–H and O–H groups in total. The first-order valence-electron chi connectivity index (χ1n) is 8.21. The van der Waals surface area contributed by atoms with Gasteiger partial charge in [0, 0.05) is 37.2 Å². The molecule has 0 spiro atoms. The van der Waals surface area contributed by atoms with Crippen LogP contribution >= 0.6 is 0 Å². The van der Waals surface area contributed by atoms with E-state index in [9.17, 15) is 4.79 Å². The molecule has 2 aliphatic rings. The van der Waals surface area contributed by atoms with Gasteiger partial charge in [-0.3, -0.25) is 4.79 Å². The zero-order valence-corrected chi connectivity index (χ0v) is 13.5. The number of nitrogens with zero attached hydrogens (tertiary/aromatic N) is 1. The second-order valence-corrected chi connectivity index (χ2v) is 6.35. The van der Waals surface area contributed by atoms with E-state index < -0.39 is 0 Å². The van der Waals surface area contributed by atoms with E-state index >= 15 is 0 Å². The fourth-order valence-corrected chi connectivity index (χ4v) is 3.87. The fraction of sp³-hybridized carbons (Fsp3) is 0.444. The predicted molar refractivity (Wildman–Crippen MR) is 86.4 cm³/mol. The van der Waals surface area contributed by atoms with Crippen LogP contribution < -0.4 is 5.32 Å². The summed E-state index contributed by atoms with van der Waals surface area (Å²) in [4.78, 5) is 12.7. The lowest BCUT2D eigenvalue weighted by Crippen LogP contribution is -2.62. The van der Waals surface area contributed by atoms with E-state index in [1.54, 1.807) is 7.11 Å². The molecule has 1 saturated carbocycles. The fourth-order valence-electron chi connectivity index (χ4n) is 3.87. The zero-order valence-electron chi connectivity index (χ0n) is 13.5. The standard InChI is InChI=1S/C18H20N2O4/c1-22-9-13-16(12-7-8-23-17(12)13)19-18(21)14-10-24-20-15(14)11-5-3-2-4-6-11/h2-6,10,12-13,16-17H,7-9H2,1H3,(H,19,21)/t12-,13+,16+,17-/m1/s1. The minimum atomic E-state index is -0.161. The smallest absolute Gasteiger partial charge is 0.257 e. The monoisotopic (exact) mass is 328 g/mol. The third-order valence-electron chi connectivity index (χ3n) is 5.05. The molecule has 1 aliphatic carbocycles. The Labute approximate surface area is 140 Å². The van der Waals surface area contributed by atoms with Crippen molar-refractivity contribution in [3.63, 3.8) is 0 Å². The molecule has 1 saturated heterocycles. The summed E-state index contributed by atoms with van der Waals surface area (Å²) in [5.74, 6) is 0.409. The van der Waals surface area contributed by atoms with Gasteiger partial charge in [-0.2, -0.15) is 0 Å². The Bertz CT molecular complexity index is 715. The summed E-state index contributed by atoms with van der Waals surface area (Å²) in [6, 6.07) is 9.63. The third-order valence-corrected chi connectivity index (χ3v) is 5.05. The van der Waals surface area contributed by atoms with Crippen LogP contribution in [0.3, 0.4) is 0 Å². The van der Waals surface area contributed by atoms with Gasteiger partial charge in [-0.25, -0.2) is 0 Å². The molecule has 0 bridgehead atoms. The summed E-state index contributed by atoms with van der Waals surface area (Å²) in [6.45, 7) is 1.34. The number of rotatable bonds is 5. The summed E-state index contributed by atoms with van der Waals surface area (Å²) in [7, 11) is 1.68. The number of carbonyl (C=O) groups is 1. The highest BCUT2D eigenvalue weighted by Crippen LogP contribution is 2.44. The van der Waals surface area contributed by atoms with Crippen molar-refractivity contribution >= 4 is 5.91 Å². The molecule has 6 nitrogen and oxygen atoms in total. The molecule has 4 atom stereocenters. The molecule has 4 rings (SSSR count). The minimum Gasteiger partial charge on any atom is -0.384 e. The SMILES string of the molecule is COC[C@H]1[C@@H](NC(=O)c2conc2-c2ccccc2)[C@H]2CCO[C@H]21. The molecule has 0 radical (unpaired) electrons. The summed E-state index contributed by atoms with van der Waals surface area (Å²) in [6.07, 6.45) is 2.58. The third kappa shape index (κ3) is 2.52. The summed E-state index contributed by atoms with van der Waals surface area (Å²) in [5, 5.41) is 7.13. The molecular weight excluding hydrogens is 308 g/mol. The Morgan fingerprint density at radius 1 is 1.38 bits per heavy atom. The predicted octanol–water partition coefficient (Wildman–Crippen LogP) is 2.12. The molecule has 6 heteroatoms. The highest BCUT2D eigenvalue weighted by Gasteiger charge is 2.54. The van der Waals surface area contributed by atoms with E-state index in [2.05, 4.69) is 10.5 Å². The average molecular weight is 328 g/mol. The van der Waals surface area contributed by atoms with Crippen LogP contribution in [0.5, 0.6) is 0 Å². The zero-order chi connectivity index (χ0) is 16.5. The van der Waals surface area contributed by atoms with E-state index in [1.165, 1.54) is 6.26 Å². The number of methoxy groups -OCH3 is 1. The van der Waals surface area contributed by atoms with Gasteiger partial charge >= 0.3 is 0 Å². The number of hydrogen-bond acceptors (Lipinski definition) is 5. The maximum Gasteiger partial charge on any atom is 0.257 e. The van der Waals surface area contributed by atoms with Crippen molar-refractivity contribution in [3.05, 3.63) is 42.2 Å². The first-order valence-corrected chi connectivity index (χ1v) is 8.21. The van der Waals surface area contributed by atoms with Crippen molar-refractivity contribution in [2.45, 2.75) is 18.6 Å². The van der Waals surface area contributed by atoms with Crippen molar-refractivity contribution in [1.82, 2.24) is 10.5 Å². The van der Waals surface area contributed by atoms with Crippen LogP contribution in [-0.4, -0.2) is 43.5 Å². The van der Waals surface area contributed by atoms with Gasteiger partial charge in [0.15, 0.2) is 0 Å². The van der Waals surface area contributed by atoms with Crippen LogP contribution in [0.4, 0.5) is 0 Å². The molecule has 2 heterocycles. The van der Waals surface area contributed by atoms with E-state index in [-0.39, 0.29) is 24.0 Å². The Morgan fingerprint density at radius 2 is 2.21 bits per heavy atom. The molecule has 0 unspecified atom stereocenters. The number of fused-ring (bicyclic) bond motifs is 1. The van der Waals surface area contributed by atoms with Crippen molar-refractivity contribution in [2.75, 3.05) is 20.3 Å². The Morgan fingerprint density at radius 3 is 3.00 bits per heavy atom. The van der Waals surface area contributed by atoms with Gasteiger partial charge in [0.25, 0.3) is 5.91 Å². The molecule has 24 heavy (non-hydrogen) atoms. The normalized spacial score (nSPS) is 28.2. The maximum atomic E-state index is 12.7. The van der Waals surface area contributed by atoms with Crippen molar-refractivity contribution in [3.8, 4) is 11.3 Å². The van der Waals surface area contributed by atoms with E-state index in [4.69, 9.17) is 14.0 Å². The molecule has 1 aromatic carbocycles. The van der Waals surface area contributed by atoms with Crippen LogP contribution in [0.25, 0.3) is 11.3 Å². The molecule has 1 amide bonds.